The van der Waals surface area contributed by atoms with E-state index < -0.39 is 0 Å². The Morgan fingerprint density at radius 3 is 2.84 bits per heavy atom. The molecule has 1 aliphatic heterocycles. The lowest BCUT2D eigenvalue weighted by Crippen LogP contribution is -2.35. The summed E-state index contributed by atoms with van der Waals surface area (Å²) >= 11 is 3.01. The van der Waals surface area contributed by atoms with Crippen LogP contribution in [0, 0.1) is 12.7 Å². The molecule has 0 atom stereocenters. The van der Waals surface area contributed by atoms with Crippen LogP contribution in [0.1, 0.15) is 12.0 Å². The standard InChI is InChI=1S/C17H16FN5S2/c1-10-3-4-11(18)7-12(10)15-21-13(8-24-15)14-9-25-17(22-14)23-16-19-5-2-6-20-16/h3-4,7-9H,2,5-6H2,1H3,(H2,19,20,22,23). The predicted octanol–water partition coefficient (Wildman–Crippen LogP) is 4.14. The van der Waals surface area contributed by atoms with E-state index in [0.717, 1.165) is 58.1 Å². The number of guanidine groups is 1. The van der Waals surface area contributed by atoms with Crippen molar-refractivity contribution < 1.29 is 4.39 Å². The third kappa shape index (κ3) is 3.54. The molecule has 0 bridgehead atoms. The van der Waals surface area contributed by atoms with Crippen LogP contribution in [0.5, 0.6) is 0 Å². The van der Waals surface area contributed by atoms with Crippen LogP contribution in [-0.4, -0.2) is 29.0 Å². The zero-order valence-electron chi connectivity index (χ0n) is 13.5. The maximum absolute atomic E-state index is 13.5. The minimum absolute atomic E-state index is 0.252. The van der Waals surface area contributed by atoms with Gasteiger partial charge in [-0.1, -0.05) is 6.07 Å². The van der Waals surface area contributed by atoms with Crippen LogP contribution in [0.3, 0.4) is 0 Å². The maximum atomic E-state index is 13.5. The van der Waals surface area contributed by atoms with E-state index in [1.165, 1.54) is 34.8 Å². The Morgan fingerprint density at radius 1 is 1.16 bits per heavy atom. The highest BCUT2D eigenvalue weighted by molar-refractivity contribution is 7.14. The number of aliphatic imine (C=N–C) groups is 1. The zero-order valence-corrected chi connectivity index (χ0v) is 15.2. The smallest absolute Gasteiger partial charge is 0.197 e. The Balaban J connectivity index is 1.56. The number of aromatic nitrogens is 2. The van der Waals surface area contributed by atoms with E-state index >= 15 is 0 Å². The van der Waals surface area contributed by atoms with Gasteiger partial charge in [-0.05, 0) is 31.0 Å². The molecular formula is C17H16FN5S2. The van der Waals surface area contributed by atoms with Gasteiger partial charge in [0, 0.05) is 29.4 Å². The maximum Gasteiger partial charge on any atom is 0.197 e. The van der Waals surface area contributed by atoms with Gasteiger partial charge >= 0.3 is 0 Å². The molecule has 3 heterocycles. The van der Waals surface area contributed by atoms with Crippen molar-refractivity contribution in [1.82, 2.24) is 15.3 Å². The summed E-state index contributed by atoms with van der Waals surface area (Å²) in [4.78, 5) is 13.6. The monoisotopic (exact) mass is 373 g/mol. The zero-order chi connectivity index (χ0) is 17.2. The first-order valence-electron chi connectivity index (χ1n) is 7.92. The molecule has 4 rings (SSSR count). The van der Waals surface area contributed by atoms with E-state index in [2.05, 4.69) is 25.6 Å². The van der Waals surface area contributed by atoms with Gasteiger partial charge in [-0.25, -0.2) is 14.4 Å². The van der Waals surface area contributed by atoms with Crippen LogP contribution in [0.25, 0.3) is 22.0 Å². The highest BCUT2D eigenvalue weighted by atomic mass is 32.1. The number of nitrogens with zero attached hydrogens (tertiary/aromatic N) is 3. The molecule has 0 saturated heterocycles. The predicted molar refractivity (Wildman–Crippen MR) is 102 cm³/mol. The molecule has 2 N–H and O–H groups in total. The van der Waals surface area contributed by atoms with Gasteiger partial charge in [0.25, 0.3) is 0 Å². The summed E-state index contributed by atoms with van der Waals surface area (Å²) < 4.78 is 13.5. The number of halogens is 1. The molecule has 1 aliphatic rings. The Labute approximate surface area is 152 Å². The molecule has 0 aliphatic carbocycles. The lowest BCUT2D eigenvalue weighted by molar-refractivity contribution is 0.628. The van der Waals surface area contributed by atoms with Crippen LogP contribution in [0.4, 0.5) is 9.52 Å². The summed E-state index contributed by atoms with van der Waals surface area (Å²) in [5.41, 5.74) is 3.43. The average Bonchev–Trinajstić information content (AvgIpc) is 3.27. The third-order valence-corrected chi connectivity index (χ3v) is 5.46. The van der Waals surface area contributed by atoms with Crippen molar-refractivity contribution in [1.29, 1.82) is 0 Å². The quantitative estimate of drug-likeness (QED) is 0.724. The Morgan fingerprint density at radius 2 is 2.00 bits per heavy atom. The number of benzene rings is 1. The van der Waals surface area contributed by atoms with Gasteiger partial charge in [0.2, 0.25) is 0 Å². The Bertz CT molecular complexity index is 931. The first-order valence-corrected chi connectivity index (χ1v) is 9.68. The van der Waals surface area contributed by atoms with Gasteiger partial charge in [-0.15, -0.1) is 22.7 Å². The van der Waals surface area contributed by atoms with E-state index in [9.17, 15) is 4.39 Å². The van der Waals surface area contributed by atoms with Gasteiger partial charge in [-0.3, -0.25) is 4.99 Å². The molecule has 8 heteroatoms. The molecule has 128 valence electrons. The first-order chi connectivity index (χ1) is 12.2. The molecule has 0 radical (unpaired) electrons. The second-order valence-electron chi connectivity index (χ2n) is 5.67. The van der Waals surface area contributed by atoms with E-state index in [4.69, 9.17) is 0 Å². The molecule has 25 heavy (non-hydrogen) atoms. The SMILES string of the molecule is Cc1ccc(F)cc1-c1nc(-c2csc(NC3=NCCCN3)n2)cs1. The second kappa shape index (κ2) is 6.89. The van der Waals surface area contributed by atoms with Crippen molar-refractivity contribution in [2.75, 3.05) is 18.4 Å². The van der Waals surface area contributed by atoms with Crippen molar-refractivity contribution in [3.05, 3.63) is 40.3 Å². The molecule has 0 unspecified atom stereocenters. The normalized spacial score (nSPS) is 14.1. The van der Waals surface area contributed by atoms with E-state index in [-0.39, 0.29) is 5.82 Å². The second-order valence-corrected chi connectivity index (χ2v) is 7.39. The Hall–Kier alpha value is -2.32. The van der Waals surface area contributed by atoms with Gasteiger partial charge in [-0.2, -0.15) is 0 Å². The molecule has 1 aromatic carbocycles. The summed E-state index contributed by atoms with van der Waals surface area (Å²) in [5.74, 6) is 0.514. The minimum Gasteiger partial charge on any atom is -0.356 e. The molecular weight excluding hydrogens is 357 g/mol. The van der Waals surface area contributed by atoms with E-state index in [0.29, 0.717) is 0 Å². The lowest BCUT2D eigenvalue weighted by Gasteiger charge is -2.13. The lowest BCUT2D eigenvalue weighted by atomic mass is 10.1. The van der Waals surface area contributed by atoms with Crippen molar-refractivity contribution >= 4 is 33.8 Å². The van der Waals surface area contributed by atoms with Crippen molar-refractivity contribution in [3.8, 4) is 22.0 Å². The number of hydrogen-bond donors (Lipinski definition) is 2. The number of thiazole rings is 2. The molecule has 0 amide bonds. The van der Waals surface area contributed by atoms with Gasteiger partial charge in [0.15, 0.2) is 11.1 Å². The van der Waals surface area contributed by atoms with Gasteiger partial charge < -0.3 is 10.6 Å². The number of hydrogen-bond acceptors (Lipinski definition) is 7. The number of anilines is 1. The molecule has 0 fully saturated rings. The topological polar surface area (TPSA) is 62.2 Å². The summed E-state index contributed by atoms with van der Waals surface area (Å²) in [6, 6.07) is 4.76. The molecule has 2 aromatic heterocycles. The number of rotatable bonds is 3. The van der Waals surface area contributed by atoms with E-state index in [1.807, 2.05) is 17.7 Å². The van der Waals surface area contributed by atoms with Crippen LogP contribution >= 0.6 is 22.7 Å². The fourth-order valence-corrected chi connectivity index (χ4v) is 4.10. The summed E-state index contributed by atoms with van der Waals surface area (Å²) in [6.07, 6.45) is 1.05. The number of aryl methyl sites for hydroxylation is 1. The molecule has 0 spiro atoms. The third-order valence-electron chi connectivity index (χ3n) is 3.82. The van der Waals surface area contributed by atoms with Crippen LogP contribution < -0.4 is 10.6 Å². The molecule has 3 aromatic rings. The molecule has 5 nitrogen and oxygen atoms in total. The van der Waals surface area contributed by atoms with Crippen LogP contribution in [0.15, 0.2) is 34.0 Å². The van der Waals surface area contributed by atoms with Crippen molar-refractivity contribution in [3.63, 3.8) is 0 Å². The summed E-state index contributed by atoms with van der Waals surface area (Å²) in [5, 5.41) is 11.9. The van der Waals surface area contributed by atoms with Crippen LogP contribution in [0.2, 0.25) is 0 Å². The fraction of sp³-hybridized carbons (Fsp3) is 0.235. The minimum atomic E-state index is -0.252. The number of nitrogens with one attached hydrogen (secondary N) is 2. The largest absolute Gasteiger partial charge is 0.356 e. The van der Waals surface area contributed by atoms with Crippen molar-refractivity contribution in [2.45, 2.75) is 13.3 Å². The van der Waals surface area contributed by atoms with E-state index in [1.54, 1.807) is 6.07 Å². The average molecular weight is 373 g/mol. The first kappa shape index (κ1) is 16.2. The van der Waals surface area contributed by atoms with Gasteiger partial charge in [0.1, 0.15) is 22.2 Å². The summed E-state index contributed by atoms with van der Waals surface area (Å²) in [6.45, 7) is 3.71. The summed E-state index contributed by atoms with van der Waals surface area (Å²) in [7, 11) is 0. The highest BCUT2D eigenvalue weighted by Crippen LogP contribution is 2.32. The fourth-order valence-electron chi connectivity index (χ4n) is 2.51. The van der Waals surface area contributed by atoms with Gasteiger partial charge in [0.05, 0.1) is 0 Å². The highest BCUT2D eigenvalue weighted by Gasteiger charge is 2.13. The van der Waals surface area contributed by atoms with Crippen molar-refractivity contribution in [2.24, 2.45) is 4.99 Å². The van der Waals surface area contributed by atoms with Crippen LogP contribution in [-0.2, 0) is 0 Å². The molecule has 0 saturated carbocycles. The Kier molecular flexibility index (Phi) is 4.46.